The highest BCUT2D eigenvalue weighted by molar-refractivity contribution is 5.77. The van der Waals surface area contributed by atoms with Crippen molar-refractivity contribution in [3.63, 3.8) is 0 Å². The van der Waals surface area contributed by atoms with Gasteiger partial charge < -0.3 is 30.5 Å². The minimum absolute atomic E-state index is 0.0447. The average molecular weight is 363 g/mol. The molecule has 140 valence electrons. The van der Waals surface area contributed by atoms with Crippen LogP contribution in [0.3, 0.4) is 0 Å². The predicted molar refractivity (Wildman–Crippen MR) is 91.2 cm³/mol. The van der Waals surface area contributed by atoms with Crippen LogP contribution in [0.25, 0.3) is 11.2 Å². The van der Waals surface area contributed by atoms with E-state index in [1.165, 1.54) is 24.1 Å². The van der Waals surface area contributed by atoms with Crippen molar-refractivity contribution in [1.29, 1.82) is 0 Å². The van der Waals surface area contributed by atoms with E-state index in [1.54, 1.807) is 13.8 Å². The van der Waals surface area contributed by atoms with E-state index in [2.05, 4.69) is 20.7 Å². The van der Waals surface area contributed by atoms with Crippen molar-refractivity contribution >= 4 is 17.1 Å². The van der Waals surface area contributed by atoms with Crippen molar-refractivity contribution < 1.29 is 24.8 Å². The van der Waals surface area contributed by atoms with Gasteiger partial charge in [0.2, 0.25) is 11.8 Å². The average Bonchev–Trinajstić information content (AvgIpc) is 3.12. The quantitative estimate of drug-likeness (QED) is 0.528. The lowest BCUT2D eigenvalue weighted by atomic mass is 9.93. The van der Waals surface area contributed by atoms with Crippen molar-refractivity contribution in [2.24, 2.45) is 0 Å². The zero-order valence-electron chi connectivity index (χ0n) is 14.6. The van der Waals surface area contributed by atoms with Crippen molar-refractivity contribution in [2.75, 3.05) is 19.5 Å². The summed E-state index contributed by atoms with van der Waals surface area (Å²) in [5.74, 6) is 0.128. The smallest absolute Gasteiger partial charge is 0.246 e. The maximum absolute atomic E-state index is 11.1. The molecule has 4 atom stereocenters. The van der Waals surface area contributed by atoms with Crippen LogP contribution >= 0.6 is 0 Å². The summed E-state index contributed by atoms with van der Waals surface area (Å²) in [7, 11) is 1.42. The van der Waals surface area contributed by atoms with Crippen molar-refractivity contribution in [2.45, 2.75) is 37.9 Å². The summed E-state index contributed by atoms with van der Waals surface area (Å²) in [5.41, 5.74) is 8.10. The number of imidazole rings is 1. The summed E-state index contributed by atoms with van der Waals surface area (Å²) in [5, 5.41) is 31.1. The first kappa shape index (κ1) is 18.3. The third-order valence-corrected chi connectivity index (χ3v) is 4.15. The van der Waals surface area contributed by atoms with Gasteiger partial charge in [-0.2, -0.15) is 9.97 Å². The Balaban J connectivity index is 2.19. The molecule has 26 heavy (non-hydrogen) atoms. The third-order valence-electron chi connectivity index (χ3n) is 4.15. The van der Waals surface area contributed by atoms with Crippen molar-refractivity contribution in [1.82, 2.24) is 19.5 Å². The molecule has 1 saturated heterocycles. The highest BCUT2D eigenvalue weighted by atomic mass is 16.6. The Morgan fingerprint density at radius 2 is 2.23 bits per heavy atom. The van der Waals surface area contributed by atoms with Gasteiger partial charge in [0, 0.05) is 0 Å². The molecule has 10 nitrogen and oxygen atoms in total. The summed E-state index contributed by atoms with van der Waals surface area (Å²) in [6, 6.07) is 0. The number of nitrogens with two attached hydrogens (primary N) is 1. The van der Waals surface area contributed by atoms with Gasteiger partial charge in [0.05, 0.1) is 20.0 Å². The van der Waals surface area contributed by atoms with E-state index in [0.29, 0.717) is 5.52 Å². The number of fused-ring (bicyclic) bond motifs is 1. The van der Waals surface area contributed by atoms with Crippen LogP contribution < -0.4 is 10.5 Å². The molecule has 0 bridgehead atoms. The largest absolute Gasteiger partial charge is 0.479 e. The fraction of sp³-hybridized carbons (Fsp3) is 0.500. The van der Waals surface area contributed by atoms with Gasteiger partial charge in [-0.05, 0) is 25.5 Å². The van der Waals surface area contributed by atoms with Gasteiger partial charge >= 0.3 is 0 Å². The van der Waals surface area contributed by atoms with Crippen LogP contribution in [0.1, 0.15) is 20.1 Å². The van der Waals surface area contributed by atoms with Gasteiger partial charge in [-0.25, -0.2) is 4.98 Å². The first-order valence-corrected chi connectivity index (χ1v) is 7.93. The molecule has 10 heteroatoms. The molecule has 0 spiro atoms. The minimum atomic E-state index is -1.87. The van der Waals surface area contributed by atoms with Crippen LogP contribution in [-0.4, -0.2) is 66.4 Å². The van der Waals surface area contributed by atoms with Gasteiger partial charge in [-0.1, -0.05) is 0 Å². The molecule has 0 aromatic carbocycles. The highest BCUT2D eigenvalue weighted by Crippen LogP contribution is 2.41. The van der Waals surface area contributed by atoms with E-state index in [4.69, 9.17) is 15.2 Å². The second kappa shape index (κ2) is 6.67. The molecule has 1 aliphatic rings. The fourth-order valence-corrected chi connectivity index (χ4v) is 2.86. The molecule has 2 aromatic heterocycles. The highest BCUT2D eigenvalue weighted by Gasteiger charge is 2.55. The van der Waals surface area contributed by atoms with E-state index < -0.39 is 30.6 Å². The second-order valence-electron chi connectivity index (χ2n) is 6.25. The number of hydrogen-bond donors (Lipinski definition) is 4. The number of aromatic nitrogens is 4. The SMILES string of the molecule is COc1nc(N)nc2c1ncn2[C@@H]1O[C@H](CO)[C@@H](O)[C@]1(O)C=C=C(C)C. The number of aliphatic hydroxyl groups is 3. The van der Waals surface area contributed by atoms with Crippen LogP contribution in [0.5, 0.6) is 5.88 Å². The van der Waals surface area contributed by atoms with E-state index in [-0.39, 0.29) is 17.5 Å². The summed E-state index contributed by atoms with van der Waals surface area (Å²) in [6.45, 7) is 3.12. The number of anilines is 1. The van der Waals surface area contributed by atoms with Gasteiger partial charge in [0.1, 0.15) is 12.2 Å². The Bertz CT molecular complexity index is 887. The molecule has 0 radical (unpaired) electrons. The van der Waals surface area contributed by atoms with Crippen molar-refractivity contribution in [3.05, 3.63) is 23.7 Å². The van der Waals surface area contributed by atoms with Crippen LogP contribution in [-0.2, 0) is 4.74 Å². The third kappa shape index (κ3) is 2.83. The molecule has 0 unspecified atom stereocenters. The topological polar surface area (TPSA) is 149 Å². The molecule has 2 aromatic rings. The van der Waals surface area contributed by atoms with Crippen LogP contribution in [0.15, 0.2) is 23.7 Å². The Hall–Kier alpha value is -2.49. The Morgan fingerprint density at radius 3 is 2.85 bits per heavy atom. The molecule has 0 aliphatic carbocycles. The standard InChI is InChI=1S/C16H21N5O5/c1-8(2)4-5-16(24)11(23)9(6-22)26-14(16)21-7-18-10-12(21)19-15(17)20-13(10)25-3/h5,7,9,11,14,22-24H,6H2,1-3H3,(H2,17,19,20)/t9-,11-,14-,16-/m1/s1. The summed E-state index contributed by atoms with van der Waals surface area (Å²) in [4.78, 5) is 12.3. The van der Waals surface area contributed by atoms with E-state index >= 15 is 0 Å². The maximum Gasteiger partial charge on any atom is 0.246 e. The normalized spacial score (nSPS) is 28.2. The number of aliphatic hydroxyl groups excluding tert-OH is 2. The zero-order chi connectivity index (χ0) is 19.1. The zero-order valence-corrected chi connectivity index (χ0v) is 14.6. The number of rotatable bonds is 4. The Labute approximate surface area is 149 Å². The van der Waals surface area contributed by atoms with Gasteiger partial charge in [0.25, 0.3) is 0 Å². The summed E-state index contributed by atoms with van der Waals surface area (Å²) >= 11 is 0. The van der Waals surface area contributed by atoms with E-state index in [0.717, 1.165) is 5.57 Å². The Morgan fingerprint density at radius 1 is 1.50 bits per heavy atom. The number of hydrogen-bond acceptors (Lipinski definition) is 9. The lowest BCUT2D eigenvalue weighted by Gasteiger charge is -2.27. The summed E-state index contributed by atoms with van der Waals surface area (Å²) in [6.07, 6.45) is -0.812. The van der Waals surface area contributed by atoms with E-state index in [9.17, 15) is 15.3 Å². The number of methoxy groups -OCH3 is 1. The van der Waals surface area contributed by atoms with Crippen molar-refractivity contribution in [3.8, 4) is 5.88 Å². The van der Waals surface area contributed by atoms with Gasteiger partial charge in [-0.3, -0.25) is 4.57 Å². The summed E-state index contributed by atoms with van der Waals surface area (Å²) < 4.78 is 12.3. The lowest BCUT2D eigenvalue weighted by molar-refractivity contribution is -0.0772. The molecule has 1 aliphatic heterocycles. The molecule has 1 fully saturated rings. The van der Waals surface area contributed by atoms with E-state index in [1.807, 2.05) is 0 Å². The second-order valence-corrected chi connectivity index (χ2v) is 6.25. The molecule has 5 N–H and O–H groups in total. The minimum Gasteiger partial charge on any atom is -0.479 e. The molecule has 3 heterocycles. The molecular formula is C16H21N5O5. The van der Waals surface area contributed by atoms with Crippen LogP contribution in [0.4, 0.5) is 5.95 Å². The number of nitrogens with zero attached hydrogens (tertiary/aromatic N) is 4. The maximum atomic E-state index is 11.1. The predicted octanol–water partition coefficient (Wildman–Crippen LogP) is -0.480. The molecule has 0 saturated carbocycles. The van der Waals surface area contributed by atoms with Gasteiger partial charge in [-0.15, -0.1) is 5.73 Å². The first-order valence-electron chi connectivity index (χ1n) is 7.93. The number of ether oxygens (including phenoxy) is 2. The van der Waals surface area contributed by atoms with Crippen LogP contribution in [0.2, 0.25) is 0 Å². The van der Waals surface area contributed by atoms with Crippen LogP contribution in [0, 0.1) is 0 Å². The monoisotopic (exact) mass is 363 g/mol. The first-order chi connectivity index (χ1) is 12.3. The molecule has 3 rings (SSSR count). The lowest BCUT2D eigenvalue weighted by Crippen LogP contribution is -2.45. The molecular weight excluding hydrogens is 342 g/mol. The number of nitrogen functional groups attached to an aromatic ring is 1. The molecule has 0 amide bonds. The van der Waals surface area contributed by atoms with Gasteiger partial charge in [0.15, 0.2) is 23.0 Å². The fourth-order valence-electron chi connectivity index (χ4n) is 2.86. The Kier molecular flexibility index (Phi) is 4.70.